The van der Waals surface area contributed by atoms with Crippen LogP contribution in [0.25, 0.3) is 0 Å². The molecular weight excluding hydrogens is 514 g/mol. The van der Waals surface area contributed by atoms with Crippen molar-refractivity contribution in [2.75, 3.05) is 38.2 Å². The Morgan fingerprint density at radius 3 is 2.21 bits per heavy atom. The number of anilines is 1. The molecule has 0 bridgehead atoms. The average Bonchev–Trinajstić information content (AvgIpc) is 2.96. The largest absolute Gasteiger partial charge is 0.497 e. The van der Waals surface area contributed by atoms with Gasteiger partial charge in [0.15, 0.2) is 0 Å². The first kappa shape index (κ1) is 28.4. The van der Waals surface area contributed by atoms with Crippen LogP contribution in [0.5, 0.6) is 11.5 Å². The second-order valence-electron chi connectivity index (χ2n) is 9.79. The summed E-state index contributed by atoms with van der Waals surface area (Å²) in [6.07, 6.45) is 3.81. The maximum Gasteiger partial charge on any atom is 0.264 e. The van der Waals surface area contributed by atoms with Crippen LogP contribution in [0.1, 0.15) is 36.0 Å². The van der Waals surface area contributed by atoms with Gasteiger partial charge in [0.1, 0.15) is 18.0 Å². The van der Waals surface area contributed by atoms with E-state index in [0.717, 1.165) is 35.1 Å². The number of methoxy groups -OCH3 is 2. The molecule has 0 spiro atoms. The molecule has 0 unspecified atom stereocenters. The molecular formula is C30H37N3O5S. The molecule has 1 aliphatic heterocycles. The minimum atomic E-state index is -4.09. The molecule has 0 saturated carbocycles. The Hall–Kier alpha value is -3.56. The summed E-state index contributed by atoms with van der Waals surface area (Å²) in [6.45, 7) is 4.95. The Kier molecular flexibility index (Phi) is 9.48. The first-order chi connectivity index (χ1) is 18.8. The zero-order valence-electron chi connectivity index (χ0n) is 22.9. The van der Waals surface area contributed by atoms with E-state index in [4.69, 9.17) is 9.47 Å². The number of rotatable bonds is 11. The Bertz CT molecular complexity index is 1350. The Morgan fingerprint density at radius 1 is 0.897 bits per heavy atom. The normalized spacial score (nSPS) is 14.0. The number of sulfonamides is 1. The number of ether oxygens (including phenoxy) is 2. The summed E-state index contributed by atoms with van der Waals surface area (Å²) >= 11 is 0. The van der Waals surface area contributed by atoms with E-state index in [-0.39, 0.29) is 17.1 Å². The summed E-state index contributed by atoms with van der Waals surface area (Å²) in [5.41, 5.74) is 3.33. The van der Waals surface area contributed by atoms with Gasteiger partial charge in [-0.1, -0.05) is 48.4 Å². The van der Waals surface area contributed by atoms with Gasteiger partial charge >= 0.3 is 0 Å². The Morgan fingerprint density at radius 2 is 1.56 bits per heavy atom. The summed E-state index contributed by atoms with van der Waals surface area (Å²) in [4.78, 5) is 15.7. The summed E-state index contributed by atoms with van der Waals surface area (Å²) < 4.78 is 39.4. The predicted molar refractivity (Wildman–Crippen MR) is 153 cm³/mol. The van der Waals surface area contributed by atoms with E-state index in [1.54, 1.807) is 30.3 Å². The highest BCUT2D eigenvalue weighted by Crippen LogP contribution is 2.35. The van der Waals surface area contributed by atoms with Crippen LogP contribution in [0.4, 0.5) is 5.69 Å². The molecule has 1 aliphatic rings. The Labute approximate surface area is 231 Å². The van der Waals surface area contributed by atoms with Gasteiger partial charge in [-0.2, -0.15) is 0 Å². The molecule has 1 fully saturated rings. The SMILES string of the molecule is COc1ccc(OC)c(N(CC(=O)NCc2ccc(CN3CCCCC3)cc2)S(=O)(=O)c2ccc(C)cc2)c1. The number of nitrogens with one attached hydrogen (secondary N) is 1. The van der Waals surface area contributed by atoms with Gasteiger partial charge in [-0.05, 0) is 68.2 Å². The van der Waals surface area contributed by atoms with Crippen molar-refractivity contribution in [3.8, 4) is 11.5 Å². The van der Waals surface area contributed by atoms with E-state index in [0.29, 0.717) is 11.5 Å². The quantitative estimate of drug-likeness (QED) is 0.377. The number of carbonyl (C=O) groups excluding carboxylic acids is 1. The number of aryl methyl sites for hydroxylation is 1. The topological polar surface area (TPSA) is 88.2 Å². The van der Waals surface area contributed by atoms with Crippen LogP contribution in [0.3, 0.4) is 0 Å². The third kappa shape index (κ3) is 7.30. The number of likely N-dealkylation sites (tertiary alicyclic amines) is 1. The Balaban J connectivity index is 1.50. The van der Waals surface area contributed by atoms with Crippen molar-refractivity contribution in [3.05, 3.63) is 83.4 Å². The van der Waals surface area contributed by atoms with Gasteiger partial charge < -0.3 is 14.8 Å². The fraction of sp³-hybridized carbons (Fsp3) is 0.367. The highest BCUT2D eigenvalue weighted by atomic mass is 32.2. The van der Waals surface area contributed by atoms with Crippen LogP contribution >= 0.6 is 0 Å². The predicted octanol–water partition coefficient (Wildman–Crippen LogP) is 4.51. The van der Waals surface area contributed by atoms with Crippen molar-refractivity contribution in [2.24, 2.45) is 0 Å². The summed E-state index contributed by atoms with van der Waals surface area (Å²) in [7, 11) is -1.14. The van der Waals surface area contributed by atoms with Crippen molar-refractivity contribution in [2.45, 2.75) is 44.2 Å². The van der Waals surface area contributed by atoms with Crippen LogP contribution in [-0.4, -0.2) is 53.1 Å². The van der Waals surface area contributed by atoms with E-state index < -0.39 is 22.5 Å². The maximum atomic E-state index is 13.8. The lowest BCUT2D eigenvalue weighted by Crippen LogP contribution is -2.40. The second-order valence-corrected chi connectivity index (χ2v) is 11.7. The molecule has 0 aromatic heterocycles. The molecule has 39 heavy (non-hydrogen) atoms. The highest BCUT2D eigenvalue weighted by molar-refractivity contribution is 7.92. The van der Waals surface area contributed by atoms with Crippen LogP contribution in [0, 0.1) is 6.92 Å². The van der Waals surface area contributed by atoms with Gasteiger partial charge in [-0.3, -0.25) is 14.0 Å². The molecule has 1 saturated heterocycles. The fourth-order valence-corrected chi connectivity index (χ4v) is 6.08. The molecule has 208 valence electrons. The molecule has 3 aromatic rings. The van der Waals surface area contributed by atoms with Gasteiger partial charge in [-0.25, -0.2) is 8.42 Å². The van der Waals surface area contributed by atoms with Gasteiger partial charge in [0.25, 0.3) is 10.0 Å². The van der Waals surface area contributed by atoms with Crippen molar-refractivity contribution < 1.29 is 22.7 Å². The number of hydrogen-bond acceptors (Lipinski definition) is 6. The first-order valence-electron chi connectivity index (χ1n) is 13.2. The molecule has 1 heterocycles. The number of piperidine rings is 1. The molecule has 0 aliphatic carbocycles. The molecule has 3 aromatic carbocycles. The van der Waals surface area contributed by atoms with E-state index in [1.165, 1.54) is 51.2 Å². The molecule has 1 amide bonds. The van der Waals surface area contributed by atoms with Gasteiger partial charge in [-0.15, -0.1) is 0 Å². The molecule has 9 heteroatoms. The third-order valence-corrected chi connectivity index (χ3v) is 8.69. The molecule has 0 atom stereocenters. The van der Waals surface area contributed by atoms with Crippen LogP contribution < -0.4 is 19.1 Å². The lowest BCUT2D eigenvalue weighted by Gasteiger charge is -2.26. The van der Waals surface area contributed by atoms with E-state index in [1.807, 2.05) is 19.1 Å². The highest BCUT2D eigenvalue weighted by Gasteiger charge is 2.30. The van der Waals surface area contributed by atoms with Crippen molar-refractivity contribution in [1.29, 1.82) is 0 Å². The van der Waals surface area contributed by atoms with Crippen LogP contribution in [-0.2, 0) is 27.9 Å². The van der Waals surface area contributed by atoms with Crippen LogP contribution in [0.15, 0.2) is 71.6 Å². The monoisotopic (exact) mass is 551 g/mol. The fourth-order valence-electron chi connectivity index (χ4n) is 4.65. The third-order valence-electron chi connectivity index (χ3n) is 6.92. The van der Waals surface area contributed by atoms with Gasteiger partial charge in [0, 0.05) is 19.2 Å². The van der Waals surface area contributed by atoms with Crippen LogP contribution in [0.2, 0.25) is 0 Å². The van der Waals surface area contributed by atoms with Crippen molar-refractivity contribution in [3.63, 3.8) is 0 Å². The summed E-state index contributed by atoms with van der Waals surface area (Å²) in [6, 6.07) is 19.6. The summed E-state index contributed by atoms with van der Waals surface area (Å²) in [5.74, 6) is 0.316. The van der Waals surface area contributed by atoms with E-state index in [9.17, 15) is 13.2 Å². The van der Waals surface area contributed by atoms with Gasteiger partial charge in [0.05, 0.1) is 24.8 Å². The standard InChI is InChI=1S/C30H37N3O5S/c1-23-7-14-27(15-8-23)39(35,36)33(28-19-26(37-2)13-16-29(28)38-3)22-30(34)31-20-24-9-11-25(12-10-24)21-32-17-5-4-6-18-32/h7-16,19H,4-6,17-18,20-22H2,1-3H3,(H,31,34). The minimum Gasteiger partial charge on any atom is -0.497 e. The van der Waals surface area contributed by atoms with E-state index >= 15 is 0 Å². The average molecular weight is 552 g/mol. The van der Waals surface area contributed by atoms with Crippen molar-refractivity contribution in [1.82, 2.24) is 10.2 Å². The number of benzene rings is 3. The van der Waals surface area contributed by atoms with Crippen molar-refractivity contribution >= 4 is 21.6 Å². The smallest absolute Gasteiger partial charge is 0.264 e. The zero-order valence-corrected chi connectivity index (χ0v) is 23.7. The number of amides is 1. The molecule has 8 nitrogen and oxygen atoms in total. The second kappa shape index (κ2) is 13.0. The zero-order chi connectivity index (χ0) is 27.8. The first-order valence-corrected chi connectivity index (χ1v) is 14.6. The number of carbonyl (C=O) groups is 1. The molecule has 4 rings (SSSR count). The van der Waals surface area contributed by atoms with Gasteiger partial charge in [0.2, 0.25) is 5.91 Å². The number of hydrogen-bond donors (Lipinski definition) is 1. The van der Waals surface area contributed by atoms with E-state index in [2.05, 4.69) is 22.3 Å². The maximum absolute atomic E-state index is 13.8. The minimum absolute atomic E-state index is 0.0788. The lowest BCUT2D eigenvalue weighted by molar-refractivity contribution is -0.119. The number of nitrogens with zero attached hydrogens (tertiary/aromatic N) is 2. The molecule has 0 radical (unpaired) electrons. The summed E-state index contributed by atoms with van der Waals surface area (Å²) in [5, 5.41) is 2.87. The lowest BCUT2D eigenvalue weighted by atomic mass is 10.1. The molecule has 1 N–H and O–H groups in total.